The second-order valence-electron chi connectivity index (χ2n) is 4.87. The van der Waals surface area contributed by atoms with E-state index in [-0.39, 0.29) is 17.8 Å². The van der Waals surface area contributed by atoms with Crippen molar-refractivity contribution in [3.8, 4) is 0 Å². The monoisotopic (exact) mass is 243 g/mol. The Bertz CT molecular complexity index is 309. The van der Waals surface area contributed by atoms with E-state index in [4.69, 9.17) is 15.7 Å². The van der Waals surface area contributed by atoms with Crippen LogP contribution in [0.2, 0.25) is 0 Å². The summed E-state index contributed by atoms with van der Waals surface area (Å²) in [5.41, 5.74) is 4.56. The SMILES string of the molecule is CN(C(=O)C(C)(C)C(N)=NO)C1CCOCC1. The van der Waals surface area contributed by atoms with Crippen LogP contribution in [0.3, 0.4) is 0 Å². The molecule has 6 nitrogen and oxygen atoms in total. The van der Waals surface area contributed by atoms with E-state index >= 15 is 0 Å². The molecule has 1 fully saturated rings. The number of carbonyl (C=O) groups is 1. The third-order valence-electron chi connectivity index (χ3n) is 3.34. The lowest BCUT2D eigenvalue weighted by molar-refractivity contribution is -0.139. The van der Waals surface area contributed by atoms with Crippen LogP contribution >= 0.6 is 0 Å². The molecule has 1 aliphatic heterocycles. The van der Waals surface area contributed by atoms with Gasteiger partial charge in [-0.25, -0.2) is 0 Å². The minimum Gasteiger partial charge on any atom is -0.409 e. The van der Waals surface area contributed by atoms with Gasteiger partial charge < -0.3 is 20.6 Å². The lowest BCUT2D eigenvalue weighted by Gasteiger charge is -2.35. The predicted molar refractivity (Wildman–Crippen MR) is 63.8 cm³/mol. The van der Waals surface area contributed by atoms with E-state index in [0.29, 0.717) is 13.2 Å². The number of amides is 1. The Kier molecular flexibility index (Phi) is 4.34. The Hall–Kier alpha value is -1.30. The predicted octanol–water partition coefficient (Wildman–Crippen LogP) is 0.396. The molecule has 0 aromatic heterocycles. The summed E-state index contributed by atoms with van der Waals surface area (Å²) in [6.45, 7) is 4.65. The van der Waals surface area contributed by atoms with Gasteiger partial charge in [0.05, 0.1) is 0 Å². The number of nitrogens with zero attached hydrogens (tertiary/aromatic N) is 2. The molecule has 0 aromatic rings. The van der Waals surface area contributed by atoms with Gasteiger partial charge in [0.1, 0.15) is 5.41 Å². The maximum Gasteiger partial charge on any atom is 0.235 e. The number of hydrogen-bond acceptors (Lipinski definition) is 4. The highest BCUT2D eigenvalue weighted by Gasteiger charge is 2.37. The van der Waals surface area contributed by atoms with Gasteiger partial charge in [0.2, 0.25) is 5.91 Å². The zero-order chi connectivity index (χ0) is 13.1. The van der Waals surface area contributed by atoms with Gasteiger partial charge in [-0.1, -0.05) is 5.16 Å². The number of rotatable bonds is 3. The summed E-state index contributed by atoms with van der Waals surface area (Å²) >= 11 is 0. The molecule has 0 radical (unpaired) electrons. The summed E-state index contributed by atoms with van der Waals surface area (Å²) in [5, 5.41) is 11.6. The number of carbonyl (C=O) groups excluding carboxylic acids is 1. The van der Waals surface area contributed by atoms with Gasteiger partial charge >= 0.3 is 0 Å². The van der Waals surface area contributed by atoms with Gasteiger partial charge in [0, 0.05) is 26.3 Å². The van der Waals surface area contributed by atoms with Gasteiger partial charge in [0.15, 0.2) is 5.84 Å². The quantitative estimate of drug-likeness (QED) is 0.325. The zero-order valence-electron chi connectivity index (χ0n) is 10.6. The molecule has 1 heterocycles. The summed E-state index contributed by atoms with van der Waals surface area (Å²) < 4.78 is 5.26. The standard InChI is InChI=1S/C11H21N3O3/c1-11(2,9(12)13-16)10(15)14(3)8-4-6-17-7-5-8/h8,16H,4-7H2,1-3H3,(H2,12,13). The maximum atomic E-state index is 12.3. The summed E-state index contributed by atoms with van der Waals surface area (Å²) in [4.78, 5) is 14.0. The fourth-order valence-electron chi connectivity index (χ4n) is 1.91. The Morgan fingerprint density at radius 2 is 2.00 bits per heavy atom. The lowest BCUT2D eigenvalue weighted by Crippen LogP contribution is -2.51. The van der Waals surface area contributed by atoms with Crippen molar-refractivity contribution < 1.29 is 14.7 Å². The first-order chi connectivity index (χ1) is 7.91. The summed E-state index contributed by atoms with van der Waals surface area (Å²) in [6, 6.07) is 0.169. The van der Waals surface area contributed by atoms with Crippen LogP contribution in [0.5, 0.6) is 0 Å². The van der Waals surface area contributed by atoms with E-state index in [1.807, 2.05) is 0 Å². The second kappa shape index (κ2) is 5.35. The Balaban J connectivity index is 2.74. The van der Waals surface area contributed by atoms with Gasteiger partial charge in [0.25, 0.3) is 0 Å². The lowest BCUT2D eigenvalue weighted by atomic mass is 9.89. The first-order valence-corrected chi connectivity index (χ1v) is 5.74. The minimum absolute atomic E-state index is 0.0681. The number of hydrogen-bond donors (Lipinski definition) is 2. The third kappa shape index (κ3) is 2.88. The zero-order valence-corrected chi connectivity index (χ0v) is 10.6. The largest absolute Gasteiger partial charge is 0.409 e. The van der Waals surface area contributed by atoms with Crippen molar-refractivity contribution in [2.45, 2.75) is 32.7 Å². The molecule has 1 aliphatic rings. The first kappa shape index (κ1) is 13.8. The van der Waals surface area contributed by atoms with E-state index in [1.54, 1.807) is 25.8 Å². The van der Waals surface area contributed by atoms with Crippen LogP contribution in [0.4, 0.5) is 0 Å². The van der Waals surface area contributed by atoms with Crippen LogP contribution in [-0.4, -0.2) is 48.2 Å². The van der Waals surface area contributed by atoms with E-state index in [1.165, 1.54) is 0 Å². The molecule has 0 spiro atoms. The van der Waals surface area contributed by atoms with Crippen molar-refractivity contribution in [1.82, 2.24) is 4.90 Å². The van der Waals surface area contributed by atoms with Gasteiger partial charge in [-0.2, -0.15) is 0 Å². The summed E-state index contributed by atoms with van der Waals surface area (Å²) in [6.07, 6.45) is 1.66. The summed E-state index contributed by atoms with van der Waals surface area (Å²) in [7, 11) is 1.75. The Labute approximate surface area is 101 Å². The Morgan fingerprint density at radius 1 is 1.47 bits per heavy atom. The van der Waals surface area contributed by atoms with Gasteiger partial charge in [-0.05, 0) is 26.7 Å². The van der Waals surface area contributed by atoms with Crippen LogP contribution in [0.1, 0.15) is 26.7 Å². The van der Waals surface area contributed by atoms with E-state index in [2.05, 4.69) is 5.16 Å². The van der Waals surface area contributed by atoms with E-state index in [9.17, 15) is 4.79 Å². The van der Waals surface area contributed by atoms with Crippen molar-refractivity contribution in [1.29, 1.82) is 0 Å². The van der Waals surface area contributed by atoms with Crippen LogP contribution in [0.25, 0.3) is 0 Å². The molecule has 0 aliphatic carbocycles. The van der Waals surface area contributed by atoms with Crippen molar-refractivity contribution in [2.75, 3.05) is 20.3 Å². The molecule has 0 bridgehead atoms. The number of ether oxygens (including phenoxy) is 1. The number of amidine groups is 1. The molecule has 1 amide bonds. The number of nitrogens with two attached hydrogens (primary N) is 1. The molecular formula is C11H21N3O3. The van der Waals surface area contributed by atoms with E-state index < -0.39 is 5.41 Å². The highest BCUT2D eigenvalue weighted by Crippen LogP contribution is 2.22. The molecule has 0 saturated carbocycles. The topological polar surface area (TPSA) is 88.2 Å². The van der Waals surface area contributed by atoms with Crippen LogP contribution < -0.4 is 5.73 Å². The molecule has 0 aromatic carbocycles. The molecule has 6 heteroatoms. The molecule has 0 unspecified atom stereocenters. The fourth-order valence-corrected chi connectivity index (χ4v) is 1.91. The molecular weight excluding hydrogens is 222 g/mol. The second-order valence-corrected chi connectivity index (χ2v) is 4.87. The van der Waals surface area contributed by atoms with E-state index in [0.717, 1.165) is 12.8 Å². The Morgan fingerprint density at radius 3 is 2.47 bits per heavy atom. The molecule has 98 valence electrons. The van der Waals surface area contributed by atoms with Crippen LogP contribution in [0.15, 0.2) is 5.16 Å². The van der Waals surface area contributed by atoms with Crippen LogP contribution in [-0.2, 0) is 9.53 Å². The molecule has 17 heavy (non-hydrogen) atoms. The van der Waals surface area contributed by atoms with Gasteiger partial charge in [-0.3, -0.25) is 4.79 Å². The van der Waals surface area contributed by atoms with Crippen molar-refractivity contribution >= 4 is 11.7 Å². The highest BCUT2D eigenvalue weighted by atomic mass is 16.5. The maximum absolute atomic E-state index is 12.3. The molecule has 0 atom stereocenters. The highest BCUT2D eigenvalue weighted by molar-refractivity contribution is 6.05. The smallest absolute Gasteiger partial charge is 0.235 e. The minimum atomic E-state index is -0.984. The van der Waals surface area contributed by atoms with Crippen molar-refractivity contribution in [3.63, 3.8) is 0 Å². The summed E-state index contributed by atoms with van der Waals surface area (Å²) in [5.74, 6) is -0.207. The normalized spacial score (nSPS) is 19.1. The molecule has 3 N–H and O–H groups in total. The van der Waals surface area contributed by atoms with Gasteiger partial charge in [-0.15, -0.1) is 0 Å². The first-order valence-electron chi connectivity index (χ1n) is 5.74. The average Bonchev–Trinajstić information content (AvgIpc) is 2.36. The number of oxime groups is 1. The fraction of sp³-hybridized carbons (Fsp3) is 0.818. The van der Waals surface area contributed by atoms with Crippen LogP contribution in [0, 0.1) is 5.41 Å². The molecule has 1 rings (SSSR count). The molecule has 1 saturated heterocycles. The van der Waals surface area contributed by atoms with Crippen molar-refractivity contribution in [3.05, 3.63) is 0 Å². The average molecular weight is 243 g/mol. The third-order valence-corrected chi connectivity index (χ3v) is 3.34. The van der Waals surface area contributed by atoms with Crippen molar-refractivity contribution in [2.24, 2.45) is 16.3 Å².